The highest BCUT2D eigenvalue weighted by molar-refractivity contribution is 9.10. The smallest absolute Gasteiger partial charge is 0.264 e. The van der Waals surface area contributed by atoms with Crippen molar-refractivity contribution in [3.05, 3.63) is 94.0 Å². The van der Waals surface area contributed by atoms with E-state index < -0.39 is 22.5 Å². The van der Waals surface area contributed by atoms with Gasteiger partial charge in [0.25, 0.3) is 15.9 Å². The number of hydrogen-bond donors (Lipinski definition) is 1. The van der Waals surface area contributed by atoms with E-state index in [1.807, 2.05) is 50.2 Å². The number of rotatable bonds is 7. The first-order chi connectivity index (χ1) is 14.8. The van der Waals surface area contributed by atoms with Crippen LogP contribution in [0, 0.1) is 13.8 Å². The average Bonchev–Trinajstić information content (AvgIpc) is 2.74. The normalized spacial score (nSPS) is 11.5. The molecule has 1 N–H and O–H groups in total. The number of amides is 1. The van der Waals surface area contributed by atoms with Crippen LogP contribution in [0.2, 0.25) is 0 Å². The van der Waals surface area contributed by atoms with Crippen molar-refractivity contribution < 1.29 is 13.2 Å². The van der Waals surface area contributed by atoms with Crippen LogP contribution in [0.15, 0.2) is 87.3 Å². The third kappa shape index (κ3) is 5.59. The van der Waals surface area contributed by atoms with Gasteiger partial charge in [-0.05, 0) is 43.7 Å². The van der Waals surface area contributed by atoms with Gasteiger partial charge in [-0.2, -0.15) is 5.10 Å². The minimum Gasteiger partial charge on any atom is -0.271 e. The van der Waals surface area contributed by atoms with Crippen molar-refractivity contribution in [2.75, 3.05) is 10.8 Å². The predicted octanol–water partition coefficient (Wildman–Crippen LogP) is 4.41. The van der Waals surface area contributed by atoms with Gasteiger partial charge in [0, 0.05) is 10.0 Å². The summed E-state index contributed by atoms with van der Waals surface area (Å²) in [5.74, 6) is -0.553. The highest BCUT2D eigenvalue weighted by Crippen LogP contribution is 2.27. The van der Waals surface area contributed by atoms with E-state index in [1.54, 1.807) is 24.3 Å². The fourth-order valence-electron chi connectivity index (χ4n) is 3.02. The molecule has 0 radical (unpaired) electrons. The van der Waals surface area contributed by atoms with Crippen molar-refractivity contribution in [2.24, 2.45) is 5.10 Å². The zero-order valence-corrected chi connectivity index (χ0v) is 19.5. The quantitative estimate of drug-likeness (QED) is 0.386. The Balaban J connectivity index is 1.88. The number of aryl methyl sites for hydroxylation is 2. The predicted molar refractivity (Wildman–Crippen MR) is 127 cm³/mol. The third-order valence-electron chi connectivity index (χ3n) is 4.54. The number of benzene rings is 3. The van der Waals surface area contributed by atoms with E-state index in [9.17, 15) is 13.2 Å². The van der Waals surface area contributed by atoms with Gasteiger partial charge in [-0.25, -0.2) is 13.8 Å². The number of hydrazone groups is 1. The number of hydrogen-bond acceptors (Lipinski definition) is 4. The minimum atomic E-state index is -3.96. The summed E-state index contributed by atoms with van der Waals surface area (Å²) in [7, 11) is -3.96. The fourth-order valence-corrected chi connectivity index (χ4v) is 4.92. The van der Waals surface area contributed by atoms with Crippen LogP contribution in [0.5, 0.6) is 0 Å². The molecule has 0 atom stereocenters. The van der Waals surface area contributed by atoms with Crippen LogP contribution in [0.25, 0.3) is 0 Å². The minimum absolute atomic E-state index is 0.111. The van der Waals surface area contributed by atoms with Crippen LogP contribution in [0.1, 0.15) is 16.7 Å². The second kappa shape index (κ2) is 9.89. The second-order valence-electron chi connectivity index (χ2n) is 6.93. The molecule has 0 aliphatic rings. The topological polar surface area (TPSA) is 78.8 Å². The molecule has 0 aliphatic heterocycles. The summed E-state index contributed by atoms with van der Waals surface area (Å²) in [5.41, 5.74) is 5.40. The molecular formula is C23H22BrN3O3S. The Morgan fingerprint density at radius 3 is 2.39 bits per heavy atom. The van der Waals surface area contributed by atoms with Crippen LogP contribution in [-0.2, 0) is 14.8 Å². The average molecular weight is 500 g/mol. The molecule has 0 unspecified atom stereocenters. The maximum atomic E-state index is 13.3. The Bertz CT molecular complexity index is 1210. The van der Waals surface area contributed by atoms with E-state index >= 15 is 0 Å². The Morgan fingerprint density at radius 1 is 1.03 bits per heavy atom. The first-order valence-corrected chi connectivity index (χ1v) is 11.7. The van der Waals surface area contributed by atoms with Gasteiger partial charge in [-0.1, -0.05) is 70.0 Å². The molecule has 0 heterocycles. The highest BCUT2D eigenvalue weighted by atomic mass is 79.9. The van der Waals surface area contributed by atoms with E-state index in [4.69, 9.17) is 0 Å². The molecule has 0 saturated heterocycles. The SMILES string of the molecule is Cc1ccc(N(CC(=O)N/N=C\c2ccccc2Br)S(=O)(=O)c2ccccc2)c(C)c1. The van der Waals surface area contributed by atoms with E-state index in [1.165, 1.54) is 18.3 Å². The molecular weight excluding hydrogens is 478 g/mol. The van der Waals surface area contributed by atoms with Gasteiger partial charge in [0.15, 0.2) is 0 Å². The molecule has 31 heavy (non-hydrogen) atoms. The number of anilines is 1. The maximum Gasteiger partial charge on any atom is 0.264 e. The molecule has 1 amide bonds. The molecule has 3 aromatic rings. The number of halogens is 1. The molecule has 3 rings (SSSR count). The summed E-state index contributed by atoms with van der Waals surface area (Å²) in [5, 5.41) is 3.96. The van der Waals surface area contributed by atoms with Crippen LogP contribution >= 0.6 is 15.9 Å². The molecule has 0 fully saturated rings. The zero-order valence-electron chi connectivity index (χ0n) is 17.1. The van der Waals surface area contributed by atoms with Gasteiger partial charge in [0.05, 0.1) is 16.8 Å². The number of carbonyl (C=O) groups excluding carboxylic acids is 1. The Hall–Kier alpha value is -2.97. The summed E-state index contributed by atoms with van der Waals surface area (Å²) < 4.78 is 28.6. The van der Waals surface area contributed by atoms with Gasteiger partial charge in [-0.15, -0.1) is 0 Å². The zero-order chi connectivity index (χ0) is 22.4. The Kier molecular flexibility index (Phi) is 7.25. The van der Waals surface area contributed by atoms with E-state index in [-0.39, 0.29) is 4.90 Å². The van der Waals surface area contributed by atoms with Crippen LogP contribution in [0.3, 0.4) is 0 Å². The number of nitrogens with one attached hydrogen (secondary N) is 1. The summed E-state index contributed by atoms with van der Waals surface area (Å²) in [6.45, 7) is 3.34. The monoisotopic (exact) mass is 499 g/mol. The van der Waals surface area contributed by atoms with Crippen LogP contribution < -0.4 is 9.73 Å². The van der Waals surface area contributed by atoms with Gasteiger partial charge in [-0.3, -0.25) is 9.10 Å². The fraction of sp³-hybridized carbons (Fsp3) is 0.130. The first-order valence-electron chi connectivity index (χ1n) is 9.50. The largest absolute Gasteiger partial charge is 0.271 e. The lowest BCUT2D eigenvalue weighted by Gasteiger charge is -2.25. The second-order valence-corrected chi connectivity index (χ2v) is 9.65. The van der Waals surface area contributed by atoms with Crippen molar-refractivity contribution in [1.82, 2.24) is 5.43 Å². The van der Waals surface area contributed by atoms with Crippen molar-refractivity contribution in [3.8, 4) is 0 Å². The molecule has 0 spiro atoms. The summed E-state index contributed by atoms with van der Waals surface area (Å²) in [6.07, 6.45) is 1.50. The molecule has 0 aromatic heterocycles. The highest BCUT2D eigenvalue weighted by Gasteiger charge is 2.28. The maximum absolute atomic E-state index is 13.3. The number of carbonyl (C=O) groups is 1. The van der Waals surface area contributed by atoms with Gasteiger partial charge >= 0.3 is 0 Å². The van der Waals surface area contributed by atoms with Crippen LogP contribution in [0.4, 0.5) is 5.69 Å². The van der Waals surface area contributed by atoms with E-state index in [0.29, 0.717) is 5.69 Å². The van der Waals surface area contributed by atoms with Crippen molar-refractivity contribution >= 4 is 43.8 Å². The lowest BCUT2D eigenvalue weighted by molar-refractivity contribution is -0.119. The Labute approximate surface area is 190 Å². The lowest BCUT2D eigenvalue weighted by atomic mass is 10.1. The van der Waals surface area contributed by atoms with Crippen molar-refractivity contribution in [2.45, 2.75) is 18.7 Å². The summed E-state index contributed by atoms with van der Waals surface area (Å²) in [6, 6.07) is 20.9. The van der Waals surface area contributed by atoms with Gasteiger partial charge < -0.3 is 0 Å². The molecule has 0 aliphatic carbocycles. The van der Waals surface area contributed by atoms with Gasteiger partial charge in [0.1, 0.15) is 6.54 Å². The molecule has 0 bridgehead atoms. The first kappa shape index (κ1) is 22.7. The molecule has 8 heteroatoms. The summed E-state index contributed by atoms with van der Waals surface area (Å²) in [4.78, 5) is 12.7. The molecule has 3 aromatic carbocycles. The molecule has 6 nitrogen and oxygen atoms in total. The molecule has 0 saturated carbocycles. The summed E-state index contributed by atoms with van der Waals surface area (Å²) >= 11 is 3.41. The van der Waals surface area contributed by atoms with Crippen molar-refractivity contribution in [3.63, 3.8) is 0 Å². The van der Waals surface area contributed by atoms with Crippen LogP contribution in [-0.4, -0.2) is 27.1 Å². The third-order valence-corrected chi connectivity index (χ3v) is 7.03. The van der Waals surface area contributed by atoms with Gasteiger partial charge in [0.2, 0.25) is 0 Å². The lowest BCUT2D eigenvalue weighted by Crippen LogP contribution is -2.40. The standard InChI is InChI=1S/C23H22BrN3O3S/c1-17-12-13-22(18(2)14-17)27(31(29,30)20-9-4-3-5-10-20)16-23(28)26-25-15-19-8-6-7-11-21(19)24/h3-15H,16H2,1-2H3,(H,26,28)/b25-15-. The molecule has 160 valence electrons. The number of nitrogens with zero attached hydrogens (tertiary/aromatic N) is 2. The Morgan fingerprint density at radius 2 is 1.71 bits per heavy atom. The van der Waals surface area contributed by atoms with E-state index in [0.717, 1.165) is 25.5 Å². The number of sulfonamides is 1. The van der Waals surface area contributed by atoms with E-state index in [2.05, 4.69) is 26.5 Å². The van der Waals surface area contributed by atoms with Crippen molar-refractivity contribution in [1.29, 1.82) is 0 Å².